The molecule has 1 heterocycles. The van der Waals surface area contributed by atoms with Crippen molar-refractivity contribution < 1.29 is 5.11 Å². The van der Waals surface area contributed by atoms with Crippen molar-refractivity contribution >= 4 is 11.6 Å². The van der Waals surface area contributed by atoms with Gasteiger partial charge in [-0.05, 0) is 36.5 Å². The molecule has 0 saturated heterocycles. The molecular weight excluding hydrogens is 284 g/mol. The molecule has 2 aromatic rings. The van der Waals surface area contributed by atoms with Gasteiger partial charge in [0.25, 0.3) is 0 Å². The number of hydrogen-bond acceptors (Lipinski definition) is 3. The van der Waals surface area contributed by atoms with E-state index in [2.05, 4.69) is 9.97 Å². The zero-order valence-electron chi connectivity index (χ0n) is 11.9. The molecule has 21 heavy (non-hydrogen) atoms. The third-order valence-electron chi connectivity index (χ3n) is 4.48. The van der Waals surface area contributed by atoms with E-state index in [0.717, 1.165) is 36.8 Å². The van der Waals surface area contributed by atoms with Crippen molar-refractivity contribution in [3.63, 3.8) is 0 Å². The average Bonchev–Trinajstić information content (AvgIpc) is 2.56. The lowest BCUT2D eigenvalue weighted by Gasteiger charge is -2.39. The number of benzene rings is 1. The van der Waals surface area contributed by atoms with E-state index in [1.54, 1.807) is 12.4 Å². The first-order valence-electron chi connectivity index (χ1n) is 7.45. The molecule has 1 saturated carbocycles. The van der Waals surface area contributed by atoms with E-state index in [9.17, 15) is 5.11 Å². The predicted molar refractivity (Wildman–Crippen MR) is 83.1 cm³/mol. The van der Waals surface area contributed by atoms with Crippen LogP contribution in [0.25, 0.3) is 0 Å². The fourth-order valence-electron chi connectivity index (χ4n) is 3.36. The molecule has 1 fully saturated rings. The maximum absolute atomic E-state index is 11.5. The van der Waals surface area contributed by atoms with Crippen molar-refractivity contribution in [3.8, 4) is 0 Å². The highest BCUT2D eigenvalue weighted by Gasteiger charge is 2.41. The molecule has 3 rings (SSSR count). The van der Waals surface area contributed by atoms with Gasteiger partial charge in [-0.25, -0.2) is 9.97 Å². The highest BCUT2D eigenvalue weighted by atomic mass is 35.5. The standard InChI is InChI=1S/C17H19ClN2O/c18-16-8-6-14(7-9-16)17(21,13-4-2-1-3-5-13)15-10-19-12-20-11-15/h6-13,21H,1-5H2. The van der Waals surface area contributed by atoms with Crippen LogP contribution in [0.5, 0.6) is 0 Å². The molecule has 1 aliphatic carbocycles. The smallest absolute Gasteiger partial charge is 0.120 e. The van der Waals surface area contributed by atoms with Crippen LogP contribution < -0.4 is 0 Å². The molecule has 1 unspecified atom stereocenters. The van der Waals surface area contributed by atoms with Gasteiger partial charge in [0.15, 0.2) is 0 Å². The zero-order valence-corrected chi connectivity index (χ0v) is 12.6. The largest absolute Gasteiger partial charge is 0.380 e. The van der Waals surface area contributed by atoms with Crippen molar-refractivity contribution in [2.24, 2.45) is 5.92 Å². The Bertz CT molecular complexity index is 581. The fourth-order valence-corrected chi connectivity index (χ4v) is 3.48. The normalized spacial score (nSPS) is 19.1. The molecule has 1 aliphatic rings. The monoisotopic (exact) mass is 302 g/mol. The summed E-state index contributed by atoms with van der Waals surface area (Å²) in [5.74, 6) is 0.193. The first kappa shape index (κ1) is 14.5. The van der Waals surface area contributed by atoms with Gasteiger partial charge >= 0.3 is 0 Å². The molecule has 1 aromatic heterocycles. The van der Waals surface area contributed by atoms with Crippen molar-refractivity contribution in [1.82, 2.24) is 9.97 Å². The number of aromatic nitrogens is 2. The van der Waals surface area contributed by atoms with Gasteiger partial charge in [0, 0.05) is 23.0 Å². The Morgan fingerprint density at radius 2 is 1.57 bits per heavy atom. The molecule has 0 amide bonds. The van der Waals surface area contributed by atoms with Gasteiger partial charge < -0.3 is 5.11 Å². The lowest BCUT2D eigenvalue weighted by atomic mass is 9.70. The minimum absolute atomic E-state index is 0.193. The number of rotatable bonds is 3. The van der Waals surface area contributed by atoms with Crippen molar-refractivity contribution in [2.45, 2.75) is 37.7 Å². The third kappa shape index (κ3) is 2.81. The number of nitrogens with zero attached hydrogens (tertiary/aromatic N) is 2. The van der Waals surface area contributed by atoms with Crippen molar-refractivity contribution in [3.05, 3.63) is 59.1 Å². The highest BCUT2D eigenvalue weighted by Crippen LogP contribution is 2.43. The Kier molecular flexibility index (Phi) is 4.22. The SMILES string of the molecule is OC(c1ccc(Cl)cc1)(c1cncnc1)C1CCCCC1. The first-order chi connectivity index (χ1) is 10.2. The third-order valence-corrected chi connectivity index (χ3v) is 4.73. The molecule has 3 nitrogen and oxygen atoms in total. The van der Waals surface area contributed by atoms with Gasteiger partial charge in [-0.3, -0.25) is 0 Å². The molecule has 1 aromatic carbocycles. The van der Waals surface area contributed by atoms with Gasteiger partial charge in [0.1, 0.15) is 11.9 Å². The van der Waals surface area contributed by atoms with E-state index in [1.807, 2.05) is 24.3 Å². The van der Waals surface area contributed by atoms with E-state index in [4.69, 9.17) is 11.6 Å². The molecule has 4 heteroatoms. The van der Waals surface area contributed by atoms with E-state index >= 15 is 0 Å². The summed E-state index contributed by atoms with van der Waals surface area (Å²) in [5.41, 5.74) is 0.597. The topological polar surface area (TPSA) is 46.0 Å². The van der Waals surface area contributed by atoms with Crippen LogP contribution in [0.1, 0.15) is 43.2 Å². The van der Waals surface area contributed by atoms with Crippen LogP contribution in [-0.4, -0.2) is 15.1 Å². The van der Waals surface area contributed by atoms with Crippen LogP contribution >= 0.6 is 11.6 Å². The quantitative estimate of drug-likeness (QED) is 0.934. The number of hydrogen-bond donors (Lipinski definition) is 1. The Balaban J connectivity index is 2.07. The van der Waals surface area contributed by atoms with E-state index in [-0.39, 0.29) is 5.92 Å². The van der Waals surface area contributed by atoms with Gasteiger partial charge in [0.05, 0.1) is 0 Å². The molecule has 0 aliphatic heterocycles. The minimum atomic E-state index is -1.04. The lowest BCUT2D eigenvalue weighted by Crippen LogP contribution is -2.37. The zero-order chi connectivity index (χ0) is 14.7. The van der Waals surface area contributed by atoms with Gasteiger partial charge in [-0.2, -0.15) is 0 Å². The first-order valence-corrected chi connectivity index (χ1v) is 7.83. The number of aliphatic hydroxyl groups is 1. The molecular formula is C17H19ClN2O. The summed E-state index contributed by atoms with van der Waals surface area (Å²) in [6.45, 7) is 0. The molecule has 1 N–H and O–H groups in total. The summed E-state index contributed by atoms with van der Waals surface area (Å²) in [5, 5.41) is 12.2. The summed E-state index contributed by atoms with van der Waals surface area (Å²) < 4.78 is 0. The summed E-state index contributed by atoms with van der Waals surface area (Å²) in [7, 11) is 0. The fraction of sp³-hybridized carbons (Fsp3) is 0.412. The second-order valence-corrected chi connectivity index (χ2v) is 6.17. The van der Waals surface area contributed by atoms with E-state index in [0.29, 0.717) is 5.02 Å². The van der Waals surface area contributed by atoms with Crippen LogP contribution in [0.4, 0.5) is 0 Å². The highest BCUT2D eigenvalue weighted by molar-refractivity contribution is 6.30. The van der Waals surface area contributed by atoms with Gasteiger partial charge in [-0.1, -0.05) is 43.0 Å². The molecule has 0 radical (unpaired) electrons. The molecule has 110 valence electrons. The summed E-state index contributed by atoms with van der Waals surface area (Å²) in [4.78, 5) is 8.18. The van der Waals surface area contributed by atoms with E-state index in [1.165, 1.54) is 12.7 Å². The van der Waals surface area contributed by atoms with Crippen LogP contribution in [-0.2, 0) is 5.60 Å². The van der Waals surface area contributed by atoms with Crippen LogP contribution in [0.15, 0.2) is 43.0 Å². The summed E-state index contributed by atoms with van der Waals surface area (Å²) in [6.07, 6.45) is 10.5. The Morgan fingerprint density at radius 1 is 0.952 bits per heavy atom. The van der Waals surface area contributed by atoms with Crippen molar-refractivity contribution in [1.29, 1.82) is 0 Å². The van der Waals surface area contributed by atoms with Crippen molar-refractivity contribution in [2.75, 3.05) is 0 Å². The maximum atomic E-state index is 11.5. The average molecular weight is 303 g/mol. The second kappa shape index (κ2) is 6.12. The number of halogens is 1. The van der Waals surface area contributed by atoms with E-state index < -0.39 is 5.60 Å². The second-order valence-electron chi connectivity index (χ2n) is 5.74. The molecule has 0 spiro atoms. The minimum Gasteiger partial charge on any atom is -0.380 e. The summed E-state index contributed by atoms with van der Waals surface area (Å²) in [6, 6.07) is 7.47. The van der Waals surface area contributed by atoms with Crippen LogP contribution in [0.2, 0.25) is 5.02 Å². The van der Waals surface area contributed by atoms with Crippen LogP contribution in [0.3, 0.4) is 0 Å². The maximum Gasteiger partial charge on any atom is 0.120 e. The van der Waals surface area contributed by atoms with Gasteiger partial charge in [-0.15, -0.1) is 0 Å². The van der Waals surface area contributed by atoms with Gasteiger partial charge in [0.2, 0.25) is 0 Å². The molecule has 1 atom stereocenters. The Labute approximate surface area is 130 Å². The summed E-state index contributed by atoms with van der Waals surface area (Å²) >= 11 is 5.99. The Morgan fingerprint density at radius 3 is 2.19 bits per heavy atom. The lowest BCUT2D eigenvalue weighted by molar-refractivity contribution is -0.00130. The molecule has 0 bridgehead atoms. The Hall–Kier alpha value is -1.45. The van der Waals surface area contributed by atoms with Crippen LogP contribution in [0, 0.1) is 5.92 Å². The predicted octanol–water partition coefficient (Wildman–Crippen LogP) is 3.95.